The van der Waals surface area contributed by atoms with Crippen LogP contribution in [0.4, 0.5) is 0 Å². The summed E-state index contributed by atoms with van der Waals surface area (Å²) in [6.07, 6.45) is 6.79. The first-order valence-electron chi connectivity index (χ1n) is 5.45. The summed E-state index contributed by atoms with van der Waals surface area (Å²) in [5, 5.41) is 1.41. The van der Waals surface area contributed by atoms with Crippen molar-refractivity contribution in [3.05, 3.63) is 28.6 Å². The van der Waals surface area contributed by atoms with E-state index < -0.39 is 0 Å². The summed E-state index contributed by atoms with van der Waals surface area (Å²) >= 11 is 0. The Hall–Kier alpha value is -0.620. The van der Waals surface area contributed by atoms with Crippen LogP contribution in [-0.4, -0.2) is 31.8 Å². The molecule has 1 rings (SSSR count). The topological polar surface area (TPSA) is 17.1 Å². The molecular weight excluding hydrogens is 203 g/mol. The summed E-state index contributed by atoms with van der Waals surface area (Å²) in [5.41, 5.74) is 5.50. The second kappa shape index (κ2) is 7.64. The van der Waals surface area contributed by atoms with E-state index in [9.17, 15) is 0 Å². The summed E-state index contributed by atoms with van der Waals surface area (Å²) in [4.78, 5) is 0. The summed E-state index contributed by atoms with van der Waals surface area (Å²) in [6.45, 7) is 12.3. The molecule has 86 valence electrons. The molecule has 0 aliphatic heterocycles. The first kappa shape index (κ1) is 14.4. The molecule has 2 nitrogen and oxygen atoms in total. The van der Waals surface area contributed by atoms with Crippen LogP contribution in [0, 0.1) is 0 Å². The standard InChI is InChI=1S/C10H17N2P.C2H6/c1-12(2)11-9-7-5-6-8-10(9)13(3)4;1-2/h7-8H,1,5-6H2,2-4H3;1-2H3. The van der Waals surface area contributed by atoms with E-state index in [0.717, 1.165) is 18.5 Å². The Kier molecular flexibility index (Phi) is 7.33. The predicted molar refractivity (Wildman–Crippen MR) is 72.2 cm³/mol. The molecule has 0 atom stereocenters. The molecule has 0 fully saturated rings. The minimum Gasteiger partial charge on any atom is -0.411 e. The molecule has 0 saturated heterocycles. The largest absolute Gasteiger partial charge is 0.411 e. The van der Waals surface area contributed by atoms with Crippen molar-refractivity contribution in [2.75, 3.05) is 20.4 Å². The minimum absolute atomic E-state index is 0.0439. The third-order valence-corrected chi connectivity index (χ3v) is 3.24. The molecule has 0 amide bonds. The lowest BCUT2D eigenvalue weighted by Crippen LogP contribution is -2.00. The SMILES string of the molecule is C=[N+](C)[N-]C1=CCCC=C1P(C)C.CC. The summed E-state index contributed by atoms with van der Waals surface area (Å²) in [5.74, 6) is 0. The molecule has 0 N–H and O–H groups in total. The molecule has 3 heteroatoms. The summed E-state index contributed by atoms with van der Waals surface area (Å²) in [7, 11) is 1.82. The zero-order valence-corrected chi connectivity index (χ0v) is 11.5. The maximum absolute atomic E-state index is 4.37. The van der Waals surface area contributed by atoms with Crippen molar-refractivity contribution in [3.8, 4) is 0 Å². The first-order valence-corrected chi connectivity index (χ1v) is 7.68. The molecule has 0 radical (unpaired) electrons. The molecule has 0 spiro atoms. The minimum atomic E-state index is -0.0439. The van der Waals surface area contributed by atoms with E-state index in [0.29, 0.717) is 0 Å². The maximum atomic E-state index is 4.37. The van der Waals surface area contributed by atoms with Crippen molar-refractivity contribution < 1.29 is 4.68 Å². The van der Waals surface area contributed by atoms with Crippen molar-refractivity contribution in [2.24, 2.45) is 0 Å². The van der Waals surface area contributed by atoms with Crippen molar-refractivity contribution in [1.82, 2.24) is 0 Å². The molecule has 0 aromatic heterocycles. The van der Waals surface area contributed by atoms with Crippen molar-refractivity contribution in [1.29, 1.82) is 0 Å². The van der Waals surface area contributed by atoms with Gasteiger partial charge in [-0.05, 0) is 31.5 Å². The monoisotopic (exact) mass is 226 g/mol. The van der Waals surface area contributed by atoms with E-state index in [1.54, 1.807) is 4.68 Å². The average Bonchev–Trinajstić information content (AvgIpc) is 2.20. The van der Waals surface area contributed by atoms with Crippen LogP contribution in [0.1, 0.15) is 26.7 Å². The van der Waals surface area contributed by atoms with Crippen LogP contribution in [0.2, 0.25) is 0 Å². The molecule has 1 aliphatic rings. The molecule has 0 saturated carbocycles. The van der Waals surface area contributed by atoms with Gasteiger partial charge in [-0.3, -0.25) is 4.68 Å². The van der Waals surface area contributed by atoms with Gasteiger partial charge in [-0.25, -0.2) is 0 Å². The third kappa shape index (κ3) is 5.13. The molecule has 0 bridgehead atoms. The third-order valence-electron chi connectivity index (χ3n) is 1.86. The molecule has 0 aromatic carbocycles. The lowest BCUT2D eigenvalue weighted by Gasteiger charge is -2.26. The highest BCUT2D eigenvalue weighted by Crippen LogP contribution is 2.44. The van der Waals surface area contributed by atoms with Crippen molar-refractivity contribution in [2.45, 2.75) is 26.7 Å². The van der Waals surface area contributed by atoms with Crippen LogP contribution < -0.4 is 0 Å². The fourth-order valence-electron chi connectivity index (χ4n) is 1.34. The highest BCUT2D eigenvalue weighted by Gasteiger charge is 2.06. The van der Waals surface area contributed by atoms with Crippen LogP contribution in [0.3, 0.4) is 0 Å². The molecule has 0 heterocycles. The van der Waals surface area contributed by atoms with Crippen LogP contribution in [0.5, 0.6) is 0 Å². The van der Waals surface area contributed by atoms with Crippen LogP contribution >= 0.6 is 7.92 Å². The highest BCUT2D eigenvalue weighted by atomic mass is 31.1. The fourth-order valence-corrected chi connectivity index (χ4v) is 2.43. The second-order valence-corrected chi connectivity index (χ2v) is 5.68. The first-order chi connectivity index (χ1) is 7.11. The van der Waals surface area contributed by atoms with Gasteiger partial charge in [0.05, 0.1) is 0 Å². The number of rotatable bonds is 3. The Morgan fingerprint density at radius 3 is 2.27 bits per heavy atom. The van der Waals surface area contributed by atoms with Crippen molar-refractivity contribution >= 4 is 14.6 Å². The van der Waals surface area contributed by atoms with Crippen LogP contribution in [0.15, 0.2) is 23.2 Å². The van der Waals surface area contributed by atoms with E-state index >= 15 is 0 Å². The van der Waals surface area contributed by atoms with Gasteiger partial charge >= 0.3 is 0 Å². The van der Waals surface area contributed by atoms with Crippen LogP contribution in [0.25, 0.3) is 5.43 Å². The van der Waals surface area contributed by atoms with Gasteiger partial charge in [0.2, 0.25) is 0 Å². The number of hydrogen-bond acceptors (Lipinski definition) is 0. The van der Waals surface area contributed by atoms with Gasteiger partial charge < -0.3 is 5.43 Å². The maximum Gasteiger partial charge on any atom is 0.127 e. The number of allylic oxidation sites excluding steroid dienone is 3. The Morgan fingerprint density at radius 2 is 1.80 bits per heavy atom. The van der Waals surface area contributed by atoms with Gasteiger partial charge in [0.1, 0.15) is 13.8 Å². The molecule has 0 aromatic rings. The van der Waals surface area contributed by atoms with Crippen molar-refractivity contribution in [3.63, 3.8) is 0 Å². The van der Waals surface area contributed by atoms with Gasteiger partial charge in [0.25, 0.3) is 0 Å². The molecule has 15 heavy (non-hydrogen) atoms. The van der Waals surface area contributed by atoms with Crippen LogP contribution in [-0.2, 0) is 0 Å². The molecule has 0 unspecified atom stereocenters. The normalized spacial score (nSPS) is 14.8. The van der Waals surface area contributed by atoms with Gasteiger partial charge in [-0.15, -0.1) is 0 Å². The average molecular weight is 226 g/mol. The summed E-state index contributed by atoms with van der Waals surface area (Å²) in [6, 6.07) is 0. The van der Waals surface area contributed by atoms with Gasteiger partial charge in [0.15, 0.2) is 0 Å². The van der Waals surface area contributed by atoms with Gasteiger partial charge in [-0.2, -0.15) is 0 Å². The molecule has 1 aliphatic carbocycles. The second-order valence-electron chi connectivity index (χ2n) is 3.41. The number of nitrogens with zero attached hydrogens (tertiary/aromatic N) is 2. The Morgan fingerprint density at radius 1 is 1.27 bits per heavy atom. The van der Waals surface area contributed by atoms with E-state index in [4.69, 9.17) is 0 Å². The predicted octanol–water partition coefficient (Wildman–Crippen LogP) is 3.95. The zero-order valence-electron chi connectivity index (χ0n) is 10.6. The van der Waals surface area contributed by atoms with E-state index in [-0.39, 0.29) is 7.92 Å². The van der Waals surface area contributed by atoms with E-state index in [2.05, 4.69) is 37.6 Å². The Bertz CT molecular complexity index is 265. The lowest BCUT2D eigenvalue weighted by molar-refractivity contribution is -0.430. The quantitative estimate of drug-likeness (QED) is 0.300. The Balaban J connectivity index is 0.000000921. The Labute approximate surface area is 95.5 Å². The zero-order chi connectivity index (χ0) is 11.8. The highest BCUT2D eigenvalue weighted by molar-refractivity contribution is 7.60. The molecular formula is C12H23N2P. The smallest absolute Gasteiger partial charge is 0.127 e. The van der Waals surface area contributed by atoms with Gasteiger partial charge in [-0.1, -0.05) is 39.6 Å². The van der Waals surface area contributed by atoms with Gasteiger partial charge in [0, 0.05) is 0 Å². The van der Waals surface area contributed by atoms with E-state index in [1.165, 1.54) is 5.31 Å². The lowest BCUT2D eigenvalue weighted by atomic mass is 10.1. The summed E-state index contributed by atoms with van der Waals surface area (Å²) < 4.78 is 1.63. The van der Waals surface area contributed by atoms with E-state index in [1.807, 2.05) is 20.9 Å². The number of hydrogen-bond donors (Lipinski definition) is 0. The fraction of sp³-hybridized carbons (Fsp3) is 0.583.